The van der Waals surface area contributed by atoms with Gasteiger partial charge in [-0.3, -0.25) is 15.0 Å². The van der Waals surface area contributed by atoms with E-state index in [1.807, 2.05) is 43.3 Å². The summed E-state index contributed by atoms with van der Waals surface area (Å²) in [6.07, 6.45) is 1.61. The maximum atomic E-state index is 12.6. The highest BCUT2D eigenvalue weighted by Gasteiger charge is 2.34. The topological polar surface area (TPSA) is 58.6 Å². The van der Waals surface area contributed by atoms with E-state index in [0.717, 1.165) is 16.9 Å². The Morgan fingerprint density at radius 2 is 1.85 bits per heavy atom. The van der Waals surface area contributed by atoms with Crippen molar-refractivity contribution in [2.75, 3.05) is 11.6 Å². The number of amides is 2. The molecule has 1 heterocycles. The van der Waals surface area contributed by atoms with Crippen molar-refractivity contribution in [3.05, 3.63) is 65.2 Å². The summed E-state index contributed by atoms with van der Waals surface area (Å²) >= 11 is 0. The Morgan fingerprint density at radius 3 is 2.50 bits per heavy atom. The lowest BCUT2D eigenvalue weighted by Crippen LogP contribution is -2.35. The Labute approximate surface area is 153 Å². The Hall–Kier alpha value is -3.08. The molecule has 2 aromatic carbocycles. The maximum absolute atomic E-state index is 12.6. The van der Waals surface area contributed by atoms with Crippen LogP contribution >= 0.6 is 0 Å². The molecule has 0 bridgehead atoms. The number of hydrazine groups is 1. The summed E-state index contributed by atoms with van der Waals surface area (Å²) in [5.41, 5.74) is 5.09. The fourth-order valence-electron chi connectivity index (χ4n) is 2.66. The van der Waals surface area contributed by atoms with Crippen LogP contribution in [-0.4, -0.2) is 18.4 Å². The van der Waals surface area contributed by atoms with Crippen LogP contribution in [0.15, 0.2) is 54.1 Å². The molecule has 2 amide bonds. The second-order valence-corrected chi connectivity index (χ2v) is 6.70. The molecule has 0 saturated carbocycles. The van der Waals surface area contributed by atoms with Gasteiger partial charge in [-0.25, -0.2) is 5.01 Å². The zero-order valence-electron chi connectivity index (χ0n) is 15.2. The number of nitrogens with one attached hydrogen (secondary N) is 1. The largest absolute Gasteiger partial charge is 0.493 e. The molecule has 1 N–H and O–H groups in total. The molecule has 0 radical (unpaired) electrons. The van der Waals surface area contributed by atoms with Crippen LogP contribution in [0.5, 0.6) is 5.75 Å². The molecule has 1 aliphatic heterocycles. The minimum atomic E-state index is -0.406. The average Bonchev–Trinajstić information content (AvgIpc) is 2.90. The molecule has 134 valence electrons. The number of aryl methyl sites for hydroxylation is 1. The van der Waals surface area contributed by atoms with Crippen LogP contribution in [0.1, 0.15) is 25.0 Å². The zero-order valence-corrected chi connectivity index (χ0v) is 15.2. The van der Waals surface area contributed by atoms with Crippen molar-refractivity contribution < 1.29 is 14.3 Å². The monoisotopic (exact) mass is 350 g/mol. The number of carbonyl (C=O) groups is 2. The minimum absolute atomic E-state index is 0.115. The summed E-state index contributed by atoms with van der Waals surface area (Å²) in [5, 5.41) is 1.27. The van der Waals surface area contributed by atoms with Gasteiger partial charge in [0.2, 0.25) is 0 Å². The third-order valence-corrected chi connectivity index (χ3v) is 3.99. The molecule has 0 unspecified atom stereocenters. The van der Waals surface area contributed by atoms with Gasteiger partial charge >= 0.3 is 0 Å². The molecule has 0 aromatic heterocycles. The van der Waals surface area contributed by atoms with E-state index in [-0.39, 0.29) is 11.5 Å². The number of hydrogen-bond acceptors (Lipinski definition) is 3. The van der Waals surface area contributed by atoms with E-state index in [9.17, 15) is 9.59 Å². The molecule has 0 spiro atoms. The first-order chi connectivity index (χ1) is 12.5. The molecular formula is C21H22N2O3. The predicted octanol–water partition coefficient (Wildman–Crippen LogP) is 3.49. The van der Waals surface area contributed by atoms with E-state index in [1.165, 1.54) is 5.01 Å². The predicted molar refractivity (Wildman–Crippen MR) is 102 cm³/mol. The van der Waals surface area contributed by atoms with Crippen LogP contribution < -0.4 is 15.2 Å². The van der Waals surface area contributed by atoms with Crippen molar-refractivity contribution in [1.29, 1.82) is 0 Å². The van der Waals surface area contributed by atoms with Crippen LogP contribution in [0.4, 0.5) is 5.69 Å². The highest BCUT2D eigenvalue weighted by atomic mass is 16.5. The number of hydrogen-bond donors (Lipinski definition) is 1. The highest BCUT2D eigenvalue weighted by molar-refractivity contribution is 6.31. The van der Waals surface area contributed by atoms with E-state index < -0.39 is 5.91 Å². The number of rotatable bonds is 5. The second kappa shape index (κ2) is 7.44. The molecule has 1 saturated heterocycles. The van der Waals surface area contributed by atoms with Crippen molar-refractivity contribution in [2.24, 2.45) is 5.92 Å². The highest BCUT2D eigenvalue weighted by Crippen LogP contribution is 2.24. The summed E-state index contributed by atoms with van der Waals surface area (Å²) in [6.45, 7) is 6.78. The van der Waals surface area contributed by atoms with Crippen LogP contribution in [0.25, 0.3) is 6.08 Å². The van der Waals surface area contributed by atoms with E-state index in [4.69, 9.17) is 4.74 Å². The Balaban J connectivity index is 1.82. The van der Waals surface area contributed by atoms with Crippen LogP contribution in [0.3, 0.4) is 0 Å². The summed E-state index contributed by atoms with van der Waals surface area (Å²) in [4.78, 5) is 24.8. The number of para-hydroxylation sites is 1. The van der Waals surface area contributed by atoms with Crippen molar-refractivity contribution in [1.82, 2.24) is 5.43 Å². The van der Waals surface area contributed by atoms with Gasteiger partial charge in [-0.15, -0.1) is 0 Å². The first-order valence-electron chi connectivity index (χ1n) is 8.61. The average molecular weight is 350 g/mol. The zero-order chi connectivity index (χ0) is 18.7. The number of anilines is 1. The standard InChI is InChI=1S/C21H22N2O3/c1-14(2)13-26-19-10-9-16(11-15(19)3)12-18-20(24)22-23(21(18)25)17-7-5-4-6-8-17/h4-12,14H,13H2,1-3H3,(H,22,24)/b18-12+. The molecule has 5 heteroatoms. The summed E-state index contributed by atoms with van der Waals surface area (Å²) in [7, 11) is 0. The fraction of sp³-hybridized carbons (Fsp3) is 0.238. The smallest absolute Gasteiger partial charge is 0.282 e. The first-order valence-corrected chi connectivity index (χ1v) is 8.61. The molecule has 0 atom stereocenters. The van der Waals surface area contributed by atoms with Gasteiger partial charge in [0.25, 0.3) is 11.8 Å². The van der Waals surface area contributed by atoms with E-state index in [0.29, 0.717) is 18.2 Å². The molecule has 1 aliphatic rings. The Kier molecular flexibility index (Phi) is 5.07. The van der Waals surface area contributed by atoms with Crippen molar-refractivity contribution in [3.63, 3.8) is 0 Å². The van der Waals surface area contributed by atoms with Gasteiger partial charge in [0.15, 0.2) is 0 Å². The molecule has 5 nitrogen and oxygen atoms in total. The number of nitrogens with zero attached hydrogens (tertiary/aromatic N) is 1. The lowest BCUT2D eigenvalue weighted by atomic mass is 10.1. The summed E-state index contributed by atoms with van der Waals surface area (Å²) < 4.78 is 5.77. The van der Waals surface area contributed by atoms with Gasteiger partial charge in [-0.05, 0) is 54.3 Å². The van der Waals surface area contributed by atoms with Crippen LogP contribution in [-0.2, 0) is 9.59 Å². The van der Waals surface area contributed by atoms with Gasteiger partial charge in [-0.1, -0.05) is 38.1 Å². The Morgan fingerprint density at radius 1 is 1.12 bits per heavy atom. The minimum Gasteiger partial charge on any atom is -0.493 e. The molecule has 26 heavy (non-hydrogen) atoms. The van der Waals surface area contributed by atoms with Gasteiger partial charge in [0, 0.05) is 0 Å². The molecule has 0 aliphatic carbocycles. The quantitative estimate of drug-likeness (QED) is 0.663. The van der Waals surface area contributed by atoms with E-state index >= 15 is 0 Å². The molecule has 2 aromatic rings. The summed E-state index contributed by atoms with van der Waals surface area (Å²) in [6, 6.07) is 14.7. The molecule has 1 fully saturated rings. The normalized spacial score (nSPS) is 15.7. The van der Waals surface area contributed by atoms with Crippen molar-refractivity contribution in [3.8, 4) is 5.75 Å². The van der Waals surface area contributed by atoms with Gasteiger partial charge in [-0.2, -0.15) is 0 Å². The van der Waals surface area contributed by atoms with Crippen molar-refractivity contribution >= 4 is 23.6 Å². The van der Waals surface area contributed by atoms with Gasteiger partial charge < -0.3 is 4.74 Å². The number of carbonyl (C=O) groups excluding carboxylic acids is 2. The van der Waals surface area contributed by atoms with Crippen LogP contribution in [0, 0.1) is 12.8 Å². The van der Waals surface area contributed by atoms with E-state index in [1.54, 1.807) is 18.2 Å². The van der Waals surface area contributed by atoms with E-state index in [2.05, 4.69) is 19.3 Å². The Bertz CT molecular complexity index is 857. The van der Waals surface area contributed by atoms with Gasteiger partial charge in [0.1, 0.15) is 11.3 Å². The number of benzene rings is 2. The third-order valence-electron chi connectivity index (χ3n) is 3.99. The lowest BCUT2D eigenvalue weighted by molar-refractivity contribution is -0.117. The molecule has 3 rings (SSSR count). The SMILES string of the molecule is Cc1cc(/C=C2\C(=O)NN(c3ccccc3)C2=O)ccc1OCC(C)C. The van der Waals surface area contributed by atoms with Crippen molar-refractivity contribution in [2.45, 2.75) is 20.8 Å². The first kappa shape index (κ1) is 17.7. The second-order valence-electron chi connectivity index (χ2n) is 6.70. The maximum Gasteiger partial charge on any atom is 0.282 e. The third kappa shape index (κ3) is 3.77. The number of ether oxygens (including phenoxy) is 1. The van der Waals surface area contributed by atoms with Gasteiger partial charge in [0.05, 0.1) is 12.3 Å². The lowest BCUT2D eigenvalue weighted by Gasteiger charge is -2.14. The van der Waals surface area contributed by atoms with Crippen LogP contribution in [0.2, 0.25) is 0 Å². The molecular weight excluding hydrogens is 328 g/mol. The fourth-order valence-corrected chi connectivity index (χ4v) is 2.66. The summed E-state index contributed by atoms with van der Waals surface area (Å²) in [5.74, 6) is 0.490.